The Kier molecular flexibility index (Phi) is 3.13. The van der Waals surface area contributed by atoms with Crippen molar-refractivity contribution in [3.05, 3.63) is 41.5 Å². The molecule has 0 unspecified atom stereocenters. The van der Waals surface area contributed by atoms with Crippen LogP contribution in [0.3, 0.4) is 0 Å². The number of hydrogen-bond acceptors (Lipinski definition) is 4. The Bertz CT molecular complexity index is 885. The number of hydrogen-bond donors (Lipinski definition) is 1. The first kappa shape index (κ1) is 15.3. The van der Waals surface area contributed by atoms with Gasteiger partial charge in [0.05, 0.1) is 5.41 Å². The van der Waals surface area contributed by atoms with Gasteiger partial charge in [0.2, 0.25) is 0 Å². The molecule has 124 valence electrons. The molecule has 0 spiro atoms. The van der Waals surface area contributed by atoms with Crippen LogP contribution in [0.2, 0.25) is 0 Å². The van der Waals surface area contributed by atoms with E-state index >= 15 is 0 Å². The van der Waals surface area contributed by atoms with E-state index < -0.39 is 11.0 Å². The average Bonchev–Trinajstić information content (AvgIpc) is 2.78. The molecule has 0 bridgehead atoms. The van der Waals surface area contributed by atoms with Gasteiger partial charge in [-0.15, -0.1) is 0 Å². The van der Waals surface area contributed by atoms with Crippen LogP contribution in [0, 0.1) is 5.41 Å². The molecule has 2 aliphatic carbocycles. The minimum absolute atomic E-state index is 0.168. The summed E-state index contributed by atoms with van der Waals surface area (Å²) in [7, 11) is 0. The lowest BCUT2D eigenvalue weighted by Crippen LogP contribution is -2.46. The third kappa shape index (κ3) is 1.89. The molecule has 2 aromatic rings. The van der Waals surface area contributed by atoms with Crippen LogP contribution < -0.4 is 4.74 Å². The van der Waals surface area contributed by atoms with Crippen molar-refractivity contribution in [2.24, 2.45) is 5.41 Å². The molecular formula is C20H20O4. The standard InChI is InChI=1S/C20H20O4/c1-12(21)24-14-4-5-15-13(11-14)3-6-17-16(15)7-9-19(2)18(22)8-10-20(17,19)23/h3-6,11,23H,7-10H2,1-2H3/t19-,20+/m1/s1. The summed E-state index contributed by atoms with van der Waals surface area (Å²) in [6, 6.07) is 9.43. The van der Waals surface area contributed by atoms with Crippen molar-refractivity contribution in [2.75, 3.05) is 0 Å². The Morgan fingerprint density at radius 3 is 2.71 bits per heavy atom. The van der Waals surface area contributed by atoms with Gasteiger partial charge in [-0.3, -0.25) is 9.59 Å². The van der Waals surface area contributed by atoms with Crippen molar-refractivity contribution in [1.29, 1.82) is 0 Å². The number of aliphatic hydroxyl groups is 1. The van der Waals surface area contributed by atoms with Crippen molar-refractivity contribution >= 4 is 22.5 Å². The molecule has 1 N–H and O–H groups in total. The van der Waals surface area contributed by atoms with Gasteiger partial charge in [-0.05, 0) is 60.2 Å². The fourth-order valence-corrected chi connectivity index (χ4v) is 4.49. The highest BCUT2D eigenvalue weighted by molar-refractivity contribution is 5.93. The predicted octanol–water partition coefficient (Wildman–Crippen LogP) is 3.27. The number of fused-ring (bicyclic) bond motifs is 5. The number of carbonyl (C=O) groups excluding carboxylic acids is 2. The summed E-state index contributed by atoms with van der Waals surface area (Å²) in [5.41, 5.74) is 0.248. The number of ether oxygens (including phenoxy) is 1. The highest BCUT2D eigenvalue weighted by atomic mass is 16.5. The van der Waals surface area contributed by atoms with Gasteiger partial charge < -0.3 is 9.84 Å². The zero-order chi connectivity index (χ0) is 17.1. The van der Waals surface area contributed by atoms with Crippen LogP contribution in [-0.2, 0) is 21.6 Å². The van der Waals surface area contributed by atoms with Crippen molar-refractivity contribution in [1.82, 2.24) is 0 Å². The first-order valence-electron chi connectivity index (χ1n) is 8.35. The summed E-state index contributed by atoms with van der Waals surface area (Å²) in [4.78, 5) is 23.5. The Balaban J connectivity index is 1.88. The minimum atomic E-state index is -1.07. The summed E-state index contributed by atoms with van der Waals surface area (Å²) in [5, 5.41) is 13.4. The molecular weight excluding hydrogens is 304 g/mol. The highest BCUT2D eigenvalue weighted by Gasteiger charge is 2.59. The lowest BCUT2D eigenvalue weighted by atomic mass is 9.63. The summed E-state index contributed by atoms with van der Waals surface area (Å²) in [5.74, 6) is 0.341. The van der Waals surface area contributed by atoms with Crippen LogP contribution in [0.1, 0.15) is 44.2 Å². The van der Waals surface area contributed by atoms with Gasteiger partial charge in [0.25, 0.3) is 0 Å². The van der Waals surface area contributed by atoms with Gasteiger partial charge >= 0.3 is 5.97 Å². The average molecular weight is 324 g/mol. The maximum Gasteiger partial charge on any atom is 0.308 e. The Morgan fingerprint density at radius 2 is 1.96 bits per heavy atom. The molecule has 24 heavy (non-hydrogen) atoms. The first-order chi connectivity index (χ1) is 11.3. The second kappa shape index (κ2) is 4.90. The fourth-order valence-electron chi connectivity index (χ4n) is 4.49. The Morgan fingerprint density at radius 1 is 1.17 bits per heavy atom. The van der Waals surface area contributed by atoms with Crippen molar-refractivity contribution < 1.29 is 19.4 Å². The molecule has 0 aliphatic heterocycles. The molecule has 1 saturated carbocycles. The molecule has 1 fully saturated rings. The molecule has 2 aromatic carbocycles. The van der Waals surface area contributed by atoms with E-state index in [2.05, 4.69) is 0 Å². The maximum atomic E-state index is 12.3. The smallest absolute Gasteiger partial charge is 0.308 e. The van der Waals surface area contributed by atoms with E-state index in [9.17, 15) is 14.7 Å². The number of ketones is 1. The van der Waals surface area contributed by atoms with Crippen LogP contribution in [0.15, 0.2) is 30.3 Å². The molecule has 0 saturated heterocycles. The van der Waals surface area contributed by atoms with Crippen LogP contribution in [0.4, 0.5) is 0 Å². The van der Waals surface area contributed by atoms with E-state index in [0.717, 1.165) is 28.3 Å². The SMILES string of the molecule is CC(=O)Oc1ccc2c3c(ccc2c1)[C@@]1(O)CCC(=O)[C@@]1(C)CC3. The fraction of sp³-hybridized carbons (Fsp3) is 0.400. The van der Waals surface area contributed by atoms with E-state index in [-0.39, 0.29) is 11.8 Å². The van der Waals surface area contributed by atoms with Gasteiger partial charge in [-0.25, -0.2) is 0 Å². The van der Waals surface area contributed by atoms with Crippen LogP contribution in [0.5, 0.6) is 5.75 Å². The van der Waals surface area contributed by atoms with Gasteiger partial charge in [0.1, 0.15) is 17.1 Å². The number of Topliss-reactive ketones (excluding diaryl/α,β-unsaturated/α-hetero) is 1. The zero-order valence-corrected chi connectivity index (χ0v) is 13.9. The number of benzene rings is 2. The van der Waals surface area contributed by atoms with E-state index in [1.807, 2.05) is 31.2 Å². The molecule has 4 heteroatoms. The van der Waals surface area contributed by atoms with E-state index in [4.69, 9.17) is 4.74 Å². The van der Waals surface area contributed by atoms with E-state index in [1.54, 1.807) is 6.07 Å². The molecule has 4 nitrogen and oxygen atoms in total. The third-order valence-electron chi connectivity index (χ3n) is 5.93. The molecule has 2 aliphatic rings. The lowest BCUT2D eigenvalue weighted by molar-refractivity contribution is -0.138. The quantitative estimate of drug-likeness (QED) is 0.646. The van der Waals surface area contributed by atoms with Gasteiger partial charge in [0.15, 0.2) is 0 Å². The molecule has 0 heterocycles. The maximum absolute atomic E-state index is 12.3. The predicted molar refractivity (Wildman–Crippen MR) is 89.8 cm³/mol. The first-order valence-corrected chi connectivity index (χ1v) is 8.35. The van der Waals surface area contributed by atoms with Crippen LogP contribution >= 0.6 is 0 Å². The summed E-state index contributed by atoms with van der Waals surface area (Å²) in [6.07, 6.45) is 2.37. The number of aryl methyl sites for hydroxylation is 1. The Hall–Kier alpha value is -2.20. The van der Waals surface area contributed by atoms with Crippen LogP contribution in [-0.4, -0.2) is 16.9 Å². The second-order valence-corrected chi connectivity index (χ2v) is 7.18. The molecule has 4 rings (SSSR count). The summed E-state index contributed by atoms with van der Waals surface area (Å²) >= 11 is 0. The number of esters is 1. The van der Waals surface area contributed by atoms with Crippen molar-refractivity contribution in [3.63, 3.8) is 0 Å². The van der Waals surface area contributed by atoms with Gasteiger partial charge in [-0.1, -0.05) is 18.2 Å². The Labute approximate surface area is 140 Å². The van der Waals surface area contributed by atoms with Crippen molar-refractivity contribution in [2.45, 2.75) is 45.1 Å². The second-order valence-electron chi connectivity index (χ2n) is 7.18. The number of carbonyl (C=O) groups is 2. The van der Waals surface area contributed by atoms with Gasteiger partial charge in [-0.2, -0.15) is 0 Å². The molecule has 0 amide bonds. The van der Waals surface area contributed by atoms with E-state index in [0.29, 0.717) is 25.0 Å². The third-order valence-corrected chi connectivity index (χ3v) is 5.93. The van der Waals surface area contributed by atoms with Crippen molar-refractivity contribution in [3.8, 4) is 5.75 Å². The molecule has 2 atom stereocenters. The highest BCUT2D eigenvalue weighted by Crippen LogP contribution is 2.57. The number of rotatable bonds is 1. The zero-order valence-electron chi connectivity index (χ0n) is 13.9. The normalized spacial score (nSPS) is 28.5. The lowest BCUT2D eigenvalue weighted by Gasteiger charge is -2.44. The van der Waals surface area contributed by atoms with Crippen LogP contribution in [0.25, 0.3) is 10.8 Å². The monoisotopic (exact) mass is 324 g/mol. The molecule has 0 aromatic heterocycles. The summed E-state index contributed by atoms with van der Waals surface area (Å²) in [6.45, 7) is 3.28. The van der Waals surface area contributed by atoms with Gasteiger partial charge in [0, 0.05) is 13.3 Å². The largest absolute Gasteiger partial charge is 0.427 e. The topological polar surface area (TPSA) is 63.6 Å². The van der Waals surface area contributed by atoms with E-state index in [1.165, 1.54) is 6.92 Å². The summed E-state index contributed by atoms with van der Waals surface area (Å²) < 4.78 is 5.15. The molecule has 0 radical (unpaired) electrons. The minimum Gasteiger partial charge on any atom is -0.427 e.